The van der Waals surface area contributed by atoms with Crippen LogP contribution >= 0.6 is 0 Å². The van der Waals surface area contributed by atoms with E-state index >= 15 is 0 Å². The van der Waals surface area contributed by atoms with Crippen molar-refractivity contribution in [3.63, 3.8) is 0 Å². The Morgan fingerprint density at radius 1 is 1.29 bits per heavy atom. The largest absolute Gasteiger partial charge is 0.469 e. The molecule has 14 heavy (non-hydrogen) atoms. The molecule has 3 nitrogen and oxygen atoms in total. The van der Waals surface area contributed by atoms with Crippen molar-refractivity contribution in [3.05, 3.63) is 0 Å². The van der Waals surface area contributed by atoms with Crippen molar-refractivity contribution in [3.8, 4) is 0 Å². The van der Waals surface area contributed by atoms with Crippen molar-refractivity contribution in [1.82, 2.24) is 0 Å². The summed E-state index contributed by atoms with van der Waals surface area (Å²) in [6.45, 7) is 6.00. The van der Waals surface area contributed by atoms with Gasteiger partial charge in [-0.1, -0.05) is 20.8 Å². The Kier molecular flexibility index (Phi) is 6.54. The summed E-state index contributed by atoms with van der Waals surface area (Å²) in [6.07, 6.45) is 1.82. The number of hydrogen-bond acceptors (Lipinski definition) is 3. The lowest BCUT2D eigenvalue weighted by molar-refractivity contribution is -0.141. The molecule has 0 aromatic rings. The summed E-state index contributed by atoms with van der Waals surface area (Å²) >= 11 is 0. The number of esters is 1. The molecule has 0 fully saturated rings. The number of methoxy groups -OCH3 is 1. The molecule has 0 heterocycles. The number of carbonyl (C=O) groups excluding carboxylic acids is 1. The minimum absolute atomic E-state index is 0.170. The van der Waals surface area contributed by atoms with Crippen molar-refractivity contribution in [2.45, 2.75) is 46.1 Å². The van der Waals surface area contributed by atoms with Gasteiger partial charge in [0.05, 0.1) is 13.2 Å². The number of carbonyl (C=O) groups is 1. The molecule has 84 valence electrons. The molecule has 2 atom stereocenters. The van der Waals surface area contributed by atoms with Gasteiger partial charge in [0.1, 0.15) is 0 Å². The molecule has 0 saturated heterocycles. The summed E-state index contributed by atoms with van der Waals surface area (Å²) in [7, 11) is 1.40. The molecule has 0 bridgehead atoms. The highest BCUT2D eigenvalue weighted by Gasteiger charge is 2.13. The first-order chi connectivity index (χ1) is 6.47. The fourth-order valence-electron chi connectivity index (χ4n) is 1.26. The maximum absolute atomic E-state index is 10.9. The quantitative estimate of drug-likeness (QED) is 0.670. The van der Waals surface area contributed by atoms with Gasteiger partial charge in [-0.2, -0.15) is 0 Å². The molecule has 0 spiro atoms. The summed E-state index contributed by atoms with van der Waals surface area (Å²) in [6, 6.07) is 0. The van der Waals surface area contributed by atoms with E-state index in [0.29, 0.717) is 12.3 Å². The summed E-state index contributed by atoms with van der Waals surface area (Å²) < 4.78 is 4.57. The Labute approximate surface area is 86.5 Å². The van der Waals surface area contributed by atoms with Crippen LogP contribution in [0.25, 0.3) is 0 Å². The van der Waals surface area contributed by atoms with Gasteiger partial charge in [-0.25, -0.2) is 0 Å². The fourth-order valence-corrected chi connectivity index (χ4v) is 1.26. The fraction of sp³-hybridized carbons (Fsp3) is 0.909. The van der Waals surface area contributed by atoms with Crippen LogP contribution in [0.3, 0.4) is 0 Å². The van der Waals surface area contributed by atoms with E-state index in [1.165, 1.54) is 7.11 Å². The summed E-state index contributed by atoms with van der Waals surface area (Å²) in [4.78, 5) is 10.9. The highest BCUT2D eigenvalue weighted by molar-refractivity contribution is 5.69. The first-order valence-electron chi connectivity index (χ1n) is 5.22. The zero-order chi connectivity index (χ0) is 11.1. The van der Waals surface area contributed by atoms with Crippen molar-refractivity contribution >= 4 is 5.97 Å². The molecular weight excluding hydrogens is 180 g/mol. The minimum Gasteiger partial charge on any atom is -0.469 e. The van der Waals surface area contributed by atoms with Crippen LogP contribution in [0.1, 0.15) is 40.0 Å². The van der Waals surface area contributed by atoms with Gasteiger partial charge in [0.15, 0.2) is 0 Å². The number of aliphatic hydroxyl groups excluding tert-OH is 1. The third-order valence-electron chi connectivity index (χ3n) is 2.47. The van der Waals surface area contributed by atoms with Gasteiger partial charge in [-0.15, -0.1) is 0 Å². The summed E-state index contributed by atoms with van der Waals surface area (Å²) in [5, 5.41) is 9.55. The summed E-state index contributed by atoms with van der Waals surface area (Å²) in [5.41, 5.74) is 0. The van der Waals surface area contributed by atoms with Gasteiger partial charge >= 0.3 is 5.97 Å². The lowest BCUT2D eigenvalue weighted by atomic mass is 9.95. The smallest absolute Gasteiger partial charge is 0.305 e. The number of rotatable bonds is 6. The zero-order valence-corrected chi connectivity index (χ0v) is 9.62. The minimum atomic E-state index is -0.255. The Morgan fingerprint density at radius 3 is 2.29 bits per heavy atom. The second-order valence-corrected chi connectivity index (χ2v) is 4.27. The molecule has 0 aliphatic rings. The molecular formula is C11H22O3. The van der Waals surface area contributed by atoms with E-state index in [0.717, 1.165) is 12.8 Å². The summed E-state index contributed by atoms with van der Waals surface area (Å²) in [5.74, 6) is 0.410. The Hall–Kier alpha value is -0.570. The van der Waals surface area contributed by atoms with Crippen molar-refractivity contribution in [2.24, 2.45) is 11.8 Å². The van der Waals surface area contributed by atoms with E-state index in [2.05, 4.69) is 4.74 Å². The second-order valence-electron chi connectivity index (χ2n) is 4.27. The molecule has 0 aliphatic heterocycles. The van der Waals surface area contributed by atoms with Crippen LogP contribution in [-0.2, 0) is 9.53 Å². The lowest BCUT2D eigenvalue weighted by Gasteiger charge is -2.16. The average Bonchev–Trinajstić information content (AvgIpc) is 2.13. The van der Waals surface area contributed by atoms with E-state index in [1.807, 2.05) is 20.8 Å². The molecule has 0 aromatic heterocycles. The predicted octanol–water partition coefficient (Wildman–Crippen LogP) is 1.98. The molecule has 0 aliphatic carbocycles. The topological polar surface area (TPSA) is 46.5 Å². The Morgan fingerprint density at radius 2 is 1.86 bits per heavy atom. The highest BCUT2D eigenvalue weighted by atomic mass is 16.5. The van der Waals surface area contributed by atoms with Gasteiger partial charge < -0.3 is 9.84 Å². The molecule has 0 rings (SSSR count). The second kappa shape index (κ2) is 6.82. The van der Waals surface area contributed by atoms with Crippen LogP contribution in [-0.4, -0.2) is 24.3 Å². The average molecular weight is 202 g/mol. The van der Waals surface area contributed by atoms with E-state index < -0.39 is 0 Å². The van der Waals surface area contributed by atoms with Crippen LogP contribution in [0.2, 0.25) is 0 Å². The molecule has 0 aromatic carbocycles. The molecule has 1 N–H and O–H groups in total. The third kappa shape index (κ3) is 5.97. The van der Waals surface area contributed by atoms with Crippen LogP contribution in [0, 0.1) is 11.8 Å². The molecule has 0 radical (unpaired) electrons. The van der Waals surface area contributed by atoms with Gasteiger partial charge in [-0.05, 0) is 24.7 Å². The van der Waals surface area contributed by atoms with Crippen LogP contribution in [0.4, 0.5) is 0 Å². The van der Waals surface area contributed by atoms with Gasteiger partial charge in [0, 0.05) is 6.42 Å². The predicted molar refractivity (Wildman–Crippen MR) is 55.9 cm³/mol. The van der Waals surface area contributed by atoms with E-state index in [1.54, 1.807) is 0 Å². The number of aliphatic hydroxyl groups is 1. The van der Waals surface area contributed by atoms with Crippen LogP contribution < -0.4 is 0 Å². The maximum Gasteiger partial charge on any atom is 0.305 e. The monoisotopic (exact) mass is 202 g/mol. The van der Waals surface area contributed by atoms with Gasteiger partial charge in [-0.3, -0.25) is 4.79 Å². The van der Waals surface area contributed by atoms with Crippen LogP contribution in [0.15, 0.2) is 0 Å². The van der Waals surface area contributed by atoms with E-state index in [9.17, 15) is 9.90 Å². The number of hydrogen-bond donors (Lipinski definition) is 1. The lowest BCUT2D eigenvalue weighted by Crippen LogP contribution is -2.16. The van der Waals surface area contributed by atoms with Crippen molar-refractivity contribution < 1.29 is 14.6 Å². The third-order valence-corrected chi connectivity index (χ3v) is 2.47. The number of ether oxygens (including phenoxy) is 1. The first kappa shape index (κ1) is 13.4. The SMILES string of the molecule is COC(=O)C[C@H](C)CC[C@H](O)C(C)C. The molecule has 3 heteroatoms. The van der Waals surface area contributed by atoms with Crippen molar-refractivity contribution in [1.29, 1.82) is 0 Å². The normalized spacial score (nSPS) is 15.3. The Balaban J connectivity index is 3.63. The van der Waals surface area contributed by atoms with Gasteiger partial charge in [0.2, 0.25) is 0 Å². The standard InChI is InChI=1S/C11H22O3/c1-8(2)10(12)6-5-9(3)7-11(13)14-4/h8-10,12H,5-7H2,1-4H3/t9-,10+/m1/s1. The van der Waals surface area contributed by atoms with E-state index in [-0.39, 0.29) is 18.0 Å². The van der Waals surface area contributed by atoms with E-state index in [4.69, 9.17) is 0 Å². The molecule has 0 unspecified atom stereocenters. The highest BCUT2D eigenvalue weighted by Crippen LogP contribution is 2.16. The maximum atomic E-state index is 10.9. The zero-order valence-electron chi connectivity index (χ0n) is 9.62. The first-order valence-corrected chi connectivity index (χ1v) is 5.22. The molecule has 0 saturated carbocycles. The van der Waals surface area contributed by atoms with Gasteiger partial charge in [0.25, 0.3) is 0 Å². The Bertz CT molecular complexity index is 166. The molecule has 0 amide bonds. The van der Waals surface area contributed by atoms with Crippen molar-refractivity contribution in [2.75, 3.05) is 7.11 Å². The van der Waals surface area contributed by atoms with Crippen LogP contribution in [0.5, 0.6) is 0 Å².